The van der Waals surface area contributed by atoms with E-state index >= 15 is 0 Å². The normalized spacial score (nSPS) is 11.6. The maximum absolute atomic E-state index is 12.1. The predicted molar refractivity (Wildman–Crippen MR) is 80.3 cm³/mol. The van der Waals surface area contributed by atoms with Gasteiger partial charge in [0.15, 0.2) is 0 Å². The summed E-state index contributed by atoms with van der Waals surface area (Å²) in [6.07, 6.45) is 6.50. The summed E-state index contributed by atoms with van der Waals surface area (Å²) in [6.45, 7) is 4.22. The molecule has 0 saturated heterocycles. The van der Waals surface area contributed by atoms with Gasteiger partial charge >= 0.3 is 139 Å². The Morgan fingerprint density at radius 2 is 1.76 bits per heavy atom. The molecule has 1 aliphatic rings. The number of fused-ring (bicyclic) bond motifs is 1. The fourth-order valence-corrected chi connectivity index (χ4v) is 2.96. The fraction of sp³-hybridized carbons (Fsp3) is 0.500. The predicted octanol–water partition coefficient (Wildman–Crippen LogP) is 3.53. The van der Waals surface area contributed by atoms with Gasteiger partial charge in [-0.05, 0) is 0 Å². The number of unbranched alkanes of at least 4 members (excludes halogenated alkanes) is 2. The second-order valence-electron chi connectivity index (χ2n) is 5.22. The summed E-state index contributed by atoms with van der Waals surface area (Å²) < 4.78 is 10.4. The Morgan fingerprint density at radius 3 is 2.29 bits per heavy atom. The molecule has 0 saturated carbocycles. The van der Waals surface area contributed by atoms with Gasteiger partial charge in [-0.3, -0.25) is 0 Å². The van der Waals surface area contributed by atoms with E-state index in [4.69, 9.17) is 7.81 Å². The molecule has 0 aromatic heterocycles. The van der Waals surface area contributed by atoms with Crippen LogP contribution < -0.4 is 4.74 Å². The zero-order valence-electron chi connectivity index (χ0n) is 12.5. The van der Waals surface area contributed by atoms with Crippen LogP contribution >= 0.6 is 0 Å². The molecule has 1 aromatic carbocycles. The van der Waals surface area contributed by atoms with Crippen LogP contribution in [0.3, 0.4) is 0 Å². The summed E-state index contributed by atoms with van der Waals surface area (Å²) in [5.41, 5.74) is 3.11. The number of ether oxygens (including phenoxy) is 1. The molecule has 0 N–H and O–H groups in total. The zero-order chi connectivity index (χ0) is 15.4. The van der Waals surface area contributed by atoms with Gasteiger partial charge in [0.2, 0.25) is 0 Å². The summed E-state index contributed by atoms with van der Waals surface area (Å²) >= 11 is 0.715. The van der Waals surface area contributed by atoms with E-state index in [9.17, 15) is 9.59 Å². The summed E-state index contributed by atoms with van der Waals surface area (Å²) in [6, 6.07) is 0. The standard InChI is InChI=1S/C16H20O4.Sn/c1-3-5-7-10-11(8-6-4-2)13(16(18)19)15-14(20-15)12(10)9-17;/h9H,3-8H2,1-2H3,(H,18,19);/q;+1/p-1. The third-order valence-electron chi connectivity index (χ3n) is 3.81. The molecule has 1 aromatic rings. The molecule has 1 aliphatic heterocycles. The van der Waals surface area contributed by atoms with Gasteiger partial charge in [0.05, 0.1) is 0 Å². The topological polar surface area (TPSA) is 55.9 Å². The summed E-state index contributed by atoms with van der Waals surface area (Å²) in [5, 5.41) is 0. The second-order valence-corrected chi connectivity index (χ2v) is 5.80. The van der Waals surface area contributed by atoms with E-state index in [1.807, 2.05) is 0 Å². The first-order chi connectivity index (χ1) is 10.2. The second kappa shape index (κ2) is 7.29. The van der Waals surface area contributed by atoms with Gasteiger partial charge in [-0.1, -0.05) is 0 Å². The van der Waals surface area contributed by atoms with Gasteiger partial charge < -0.3 is 0 Å². The van der Waals surface area contributed by atoms with Crippen LogP contribution in [0.15, 0.2) is 0 Å². The van der Waals surface area contributed by atoms with Gasteiger partial charge in [0, 0.05) is 0 Å². The molecule has 5 heteroatoms. The quantitative estimate of drug-likeness (QED) is 0.391. The number of benzene rings is 1. The van der Waals surface area contributed by atoms with Crippen molar-refractivity contribution in [3.05, 3.63) is 22.3 Å². The molecule has 2 rings (SSSR count). The van der Waals surface area contributed by atoms with Crippen LogP contribution in [-0.4, -0.2) is 35.2 Å². The molecule has 0 aliphatic carbocycles. The van der Waals surface area contributed by atoms with E-state index in [0.717, 1.165) is 55.9 Å². The summed E-state index contributed by atoms with van der Waals surface area (Å²) in [4.78, 5) is 23.5. The number of hydrogen-bond acceptors (Lipinski definition) is 4. The van der Waals surface area contributed by atoms with Gasteiger partial charge in [0.25, 0.3) is 0 Å². The minimum absolute atomic E-state index is 0.330. The number of rotatable bonds is 8. The molecular formula is C16H19O4Sn. The summed E-state index contributed by atoms with van der Waals surface area (Å²) in [7, 11) is 0. The fourth-order valence-electron chi connectivity index (χ4n) is 2.67. The van der Waals surface area contributed by atoms with Crippen LogP contribution in [0.25, 0.3) is 0 Å². The van der Waals surface area contributed by atoms with E-state index in [0.29, 0.717) is 45.6 Å². The van der Waals surface area contributed by atoms with Crippen molar-refractivity contribution in [1.82, 2.24) is 0 Å². The van der Waals surface area contributed by atoms with Crippen molar-refractivity contribution in [3.63, 3.8) is 0 Å². The van der Waals surface area contributed by atoms with Gasteiger partial charge in [-0.2, -0.15) is 0 Å². The van der Waals surface area contributed by atoms with Crippen LogP contribution in [0.5, 0.6) is 11.5 Å². The Labute approximate surface area is 138 Å². The molecule has 0 amide bonds. The Balaban J connectivity index is 2.55. The maximum atomic E-state index is 12.1. The van der Waals surface area contributed by atoms with Crippen molar-refractivity contribution in [2.24, 2.45) is 0 Å². The van der Waals surface area contributed by atoms with Gasteiger partial charge in [0.1, 0.15) is 0 Å². The molecule has 0 bridgehead atoms. The molecule has 4 nitrogen and oxygen atoms in total. The Hall–Kier alpha value is -1.04. The third kappa shape index (κ3) is 3.25. The van der Waals surface area contributed by atoms with Crippen molar-refractivity contribution in [2.45, 2.75) is 52.4 Å². The summed E-state index contributed by atoms with van der Waals surface area (Å²) in [5.74, 6) is 0.798. The number of aldehydes is 1. The van der Waals surface area contributed by atoms with E-state index < -0.39 is 0 Å². The van der Waals surface area contributed by atoms with Gasteiger partial charge in [-0.25, -0.2) is 0 Å². The monoisotopic (exact) mass is 395 g/mol. The van der Waals surface area contributed by atoms with Crippen molar-refractivity contribution < 1.29 is 17.4 Å². The first-order valence-electron chi connectivity index (χ1n) is 7.42. The first-order valence-corrected chi connectivity index (χ1v) is 8.58. The zero-order valence-corrected chi connectivity index (χ0v) is 15.3. The van der Waals surface area contributed by atoms with Crippen LogP contribution in [0.4, 0.5) is 0 Å². The van der Waals surface area contributed by atoms with E-state index in [-0.39, 0.29) is 5.97 Å². The molecule has 21 heavy (non-hydrogen) atoms. The van der Waals surface area contributed by atoms with Crippen molar-refractivity contribution in [2.75, 3.05) is 0 Å². The van der Waals surface area contributed by atoms with Crippen LogP contribution in [0.1, 0.15) is 71.4 Å². The molecule has 1 heterocycles. The molecule has 0 fully saturated rings. The van der Waals surface area contributed by atoms with Crippen molar-refractivity contribution in [3.8, 4) is 11.5 Å². The first kappa shape index (κ1) is 16.3. The molecule has 0 atom stereocenters. The average molecular weight is 394 g/mol. The van der Waals surface area contributed by atoms with E-state index in [1.165, 1.54) is 0 Å². The van der Waals surface area contributed by atoms with Crippen LogP contribution in [0.2, 0.25) is 0 Å². The Bertz CT molecular complexity index is 566. The number of carbonyl (C=O) groups is 2. The van der Waals surface area contributed by atoms with Crippen LogP contribution in [0, 0.1) is 0 Å². The Kier molecular flexibility index (Phi) is 5.67. The van der Waals surface area contributed by atoms with Gasteiger partial charge in [-0.15, -0.1) is 0 Å². The minimum atomic E-state index is -0.330. The van der Waals surface area contributed by atoms with E-state index in [2.05, 4.69) is 13.8 Å². The molecular weight excluding hydrogens is 375 g/mol. The molecule has 3 radical (unpaired) electrons. The third-order valence-corrected chi connectivity index (χ3v) is 4.34. The molecule has 0 unspecified atom stereocenters. The van der Waals surface area contributed by atoms with Crippen molar-refractivity contribution >= 4 is 35.2 Å². The molecule has 0 spiro atoms. The van der Waals surface area contributed by atoms with Crippen LogP contribution in [-0.2, 0) is 15.9 Å². The SMILES string of the molecule is CCCCc1c(C=O)c2c(c(C(=O)[O][Sn])c1CCCC)O2. The number of carbonyl (C=O) groups excluding carboxylic acids is 2. The van der Waals surface area contributed by atoms with E-state index in [1.54, 1.807) is 0 Å². The average Bonchev–Trinajstić information content (AvgIpc) is 3.28. The van der Waals surface area contributed by atoms with Crippen molar-refractivity contribution in [1.29, 1.82) is 0 Å². The molecule has 111 valence electrons. The number of hydrogen-bond donors (Lipinski definition) is 0. The Morgan fingerprint density at radius 1 is 1.14 bits per heavy atom.